The topological polar surface area (TPSA) is 40.8 Å². The van der Waals surface area contributed by atoms with Gasteiger partial charge in [-0.05, 0) is 97.9 Å². The molecule has 4 aromatic rings. The molecule has 2 aromatic heterocycles. The van der Waals surface area contributed by atoms with Crippen molar-refractivity contribution in [3.8, 4) is 17.3 Å². The van der Waals surface area contributed by atoms with Gasteiger partial charge >= 0.3 is 0 Å². The highest BCUT2D eigenvalue weighted by molar-refractivity contribution is 6.11. The first-order valence-electron chi connectivity index (χ1n) is 12.5. The van der Waals surface area contributed by atoms with E-state index in [1.807, 2.05) is 6.07 Å². The van der Waals surface area contributed by atoms with Gasteiger partial charge < -0.3 is 4.42 Å². The molecule has 0 radical (unpaired) electrons. The Morgan fingerprint density at radius 1 is 0.909 bits per heavy atom. The zero-order valence-electron chi connectivity index (χ0n) is 19.3. The highest BCUT2D eigenvalue weighted by Gasteiger charge is 2.48. The van der Waals surface area contributed by atoms with E-state index in [2.05, 4.69) is 67.2 Å². The van der Waals surface area contributed by atoms with Crippen molar-refractivity contribution in [2.24, 2.45) is 30.7 Å². The molecule has 0 atom stereocenters. The van der Waals surface area contributed by atoms with Gasteiger partial charge in [-0.2, -0.15) is 5.26 Å². The third kappa shape index (κ3) is 2.76. The Morgan fingerprint density at radius 2 is 1.67 bits per heavy atom. The summed E-state index contributed by atoms with van der Waals surface area (Å²) in [7, 11) is 2.07. The van der Waals surface area contributed by atoms with Crippen LogP contribution in [0.1, 0.15) is 54.7 Å². The van der Waals surface area contributed by atoms with Crippen molar-refractivity contribution < 1.29 is 8.98 Å². The standard InChI is InChI=1S/C30H29N2O/c1-17-6-7-24-25-15-22(28-20-10-18-9-19(12-20)13-21(28)11-18)14-23(16-31)29(25)33-30(24)27(17)26-5-3-4-8-32(26)2/h3-8,14-15,18-21,28H,9-13H2,1-2H3/q+1. The van der Waals surface area contributed by atoms with Crippen molar-refractivity contribution in [2.75, 3.05) is 0 Å². The Morgan fingerprint density at radius 3 is 2.36 bits per heavy atom. The molecule has 0 N–H and O–H groups in total. The van der Waals surface area contributed by atoms with Crippen LogP contribution in [-0.4, -0.2) is 0 Å². The van der Waals surface area contributed by atoms with Crippen LogP contribution in [0.3, 0.4) is 0 Å². The average molecular weight is 434 g/mol. The summed E-state index contributed by atoms with van der Waals surface area (Å²) in [5, 5.41) is 12.3. The van der Waals surface area contributed by atoms with Crippen molar-refractivity contribution in [1.82, 2.24) is 0 Å². The SMILES string of the molecule is Cc1ccc2c(oc3c(C#N)cc(C4C5CC6CC(C5)CC4C6)cc32)c1-c1cccc[n+]1C. The van der Waals surface area contributed by atoms with E-state index in [9.17, 15) is 5.26 Å². The molecule has 4 fully saturated rings. The first-order valence-corrected chi connectivity index (χ1v) is 12.5. The minimum absolute atomic E-state index is 0.607. The first kappa shape index (κ1) is 19.4. The minimum atomic E-state index is 0.607. The summed E-state index contributed by atoms with van der Waals surface area (Å²) >= 11 is 0. The summed E-state index contributed by atoms with van der Waals surface area (Å²) in [6.07, 6.45) is 9.08. The first-order chi connectivity index (χ1) is 16.1. The molecule has 33 heavy (non-hydrogen) atoms. The fourth-order valence-electron chi connectivity index (χ4n) is 7.91. The Balaban J connectivity index is 1.46. The number of hydrogen-bond donors (Lipinski definition) is 0. The number of aryl methyl sites for hydroxylation is 2. The van der Waals surface area contributed by atoms with Gasteiger partial charge in [-0.25, -0.2) is 4.57 Å². The predicted molar refractivity (Wildman–Crippen MR) is 130 cm³/mol. The van der Waals surface area contributed by atoms with Gasteiger partial charge in [-0.15, -0.1) is 0 Å². The third-order valence-electron chi connectivity index (χ3n) is 9.01. The van der Waals surface area contributed by atoms with Crippen molar-refractivity contribution in [2.45, 2.75) is 44.9 Å². The van der Waals surface area contributed by atoms with Crippen LogP contribution >= 0.6 is 0 Å². The van der Waals surface area contributed by atoms with Gasteiger partial charge in [-0.3, -0.25) is 0 Å². The zero-order chi connectivity index (χ0) is 22.3. The summed E-state index contributed by atoms with van der Waals surface area (Å²) in [4.78, 5) is 0. The molecule has 3 nitrogen and oxygen atoms in total. The van der Waals surface area contributed by atoms with E-state index in [0.717, 1.165) is 56.9 Å². The van der Waals surface area contributed by atoms with Gasteiger partial charge in [0.05, 0.1) is 11.1 Å². The Hall–Kier alpha value is -3.12. The number of nitriles is 1. The van der Waals surface area contributed by atoms with E-state index >= 15 is 0 Å². The maximum Gasteiger partial charge on any atom is 0.216 e. The van der Waals surface area contributed by atoms with E-state index < -0.39 is 0 Å². The van der Waals surface area contributed by atoms with Crippen LogP contribution in [0.25, 0.3) is 33.2 Å². The lowest BCUT2D eigenvalue weighted by atomic mass is 9.50. The molecule has 0 spiro atoms. The molecule has 0 saturated heterocycles. The van der Waals surface area contributed by atoms with Gasteiger partial charge in [-0.1, -0.05) is 12.1 Å². The maximum atomic E-state index is 10.1. The van der Waals surface area contributed by atoms with Crippen LogP contribution in [0.5, 0.6) is 0 Å². The summed E-state index contributed by atoms with van der Waals surface area (Å²) in [5.74, 6) is 4.11. The summed E-state index contributed by atoms with van der Waals surface area (Å²) < 4.78 is 8.66. The molecule has 0 amide bonds. The summed E-state index contributed by atoms with van der Waals surface area (Å²) in [5.41, 5.74) is 7.13. The summed E-state index contributed by atoms with van der Waals surface area (Å²) in [6, 6.07) is 17.6. The van der Waals surface area contributed by atoms with Gasteiger partial charge in [0.1, 0.15) is 18.7 Å². The zero-order valence-corrected chi connectivity index (χ0v) is 19.3. The molecule has 4 aliphatic carbocycles. The Bertz CT molecular complexity index is 1440. The van der Waals surface area contributed by atoms with Gasteiger partial charge in [0.15, 0.2) is 11.8 Å². The molecule has 8 rings (SSSR count). The predicted octanol–water partition coefficient (Wildman–Crippen LogP) is 6.80. The number of pyridine rings is 1. The highest BCUT2D eigenvalue weighted by Crippen LogP contribution is 2.60. The number of hydrogen-bond acceptors (Lipinski definition) is 2. The van der Waals surface area contributed by atoms with E-state index in [1.54, 1.807) is 0 Å². The smallest absolute Gasteiger partial charge is 0.216 e. The van der Waals surface area contributed by atoms with Crippen LogP contribution in [0.2, 0.25) is 0 Å². The fraction of sp³-hybridized carbons (Fsp3) is 0.400. The lowest BCUT2D eigenvalue weighted by Crippen LogP contribution is -2.43. The molecular weight excluding hydrogens is 404 g/mol. The number of aromatic nitrogens is 1. The average Bonchev–Trinajstić information content (AvgIpc) is 3.17. The number of furan rings is 1. The quantitative estimate of drug-likeness (QED) is 0.326. The normalized spacial score (nSPS) is 28.0. The van der Waals surface area contributed by atoms with Crippen molar-refractivity contribution in [3.05, 3.63) is 65.4 Å². The van der Waals surface area contributed by atoms with Crippen molar-refractivity contribution in [1.29, 1.82) is 5.26 Å². The second kappa shape index (κ2) is 6.94. The van der Waals surface area contributed by atoms with E-state index in [0.29, 0.717) is 11.5 Å². The lowest BCUT2D eigenvalue weighted by Gasteiger charge is -2.54. The van der Waals surface area contributed by atoms with Crippen LogP contribution in [0, 0.1) is 41.9 Å². The highest BCUT2D eigenvalue weighted by atomic mass is 16.3. The van der Waals surface area contributed by atoms with E-state index in [4.69, 9.17) is 4.42 Å². The van der Waals surface area contributed by atoms with Gasteiger partial charge in [0.2, 0.25) is 5.69 Å². The number of rotatable bonds is 2. The van der Waals surface area contributed by atoms with Crippen LogP contribution in [0.15, 0.2) is 53.1 Å². The van der Waals surface area contributed by atoms with E-state index in [1.165, 1.54) is 43.2 Å². The van der Waals surface area contributed by atoms with E-state index in [-0.39, 0.29) is 0 Å². The Kier molecular flexibility index (Phi) is 4.07. The molecule has 0 aliphatic heterocycles. The third-order valence-corrected chi connectivity index (χ3v) is 9.01. The molecule has 164 valence electrons. The fourth-order valence-corrected chi connectivity index (χ4v) is 7.91. The molecule has 4 saturated carbocycles. The summed E-state index contributed by atoms with van der Waals surface area (Å²) in [6.45, 7) is 2.14. The van der Waals surface area contributed by atoms with Crippen LogP contribution in [0.4, 0.5) is 0 Å². The molecule has 4 bridgehead atoms. The largest absolute Gasteiger partial charge is 0.454 e. The molecule has 2 heterocycles. The molecule has 3 heteroatoms. The second-order valence-electron chi connectivity index (χ2n) is 10.9. The maximum absolute atomic E-state index is 10.1. The van der Waals surface area contributed by atoms with Crippen molar-refractivity contribution >= 4 is 21.9 Å². The Labute approximate surface area is 194 Å². The van der Waals surface area contributed by atoms with Crippen molar-refractivity contribution in [3.63, 3.8) is 0 Å². The molecule has 2 aromatic carbocycles. The van der Waals surface area contributed by atoms with Crippen LogP contribution in [-0.2, 0) is 7.05 Å². The van der Waals surface area contributed by atoms with Crippen LogP contribution < -0.4 is 4.57 Å². The monoisotopic (exact) mass is 433 g/mol. The molecule has 0 unspecified atom stereocenters. The number of benzene rings is 2. The molecular formula is C30H29N2O+. The number of fused-ring (bicyclic) bond motifs is 3. The lowest BCUT2D eigenvalue weighted by molar-refractivity contribution is -0.660. The number of nitrogens with zero attached hydrogens (tertiary/aromatic N) is 2. The van der Waals surface area contributed by atoms with Gasteiger partial charge in [0.25, 0.3) is 0 Å². The van der Waals surface area contributed by atoms with Gasteiger partial charge in [0, 0.05) is 22.9 Å². The molecule has 4 aliphatic rings. The minimum Gasteiger partial charge on any atom is -0.454 e. The second-order valence-corrected chi connectivity index (χ2v) is 10.9.